The van der Waals surface area contributed by atoms with E-state index in [4.69, 9.17) is 4.74 Å². The van der Waals surface area contributed by atoms with E-state index in [0.29, 0.717) is 42.8 Å². The second-order valence-corrected chi connectivity index (χ2v) is 8.49. The number of carbonyl (C=O) groups is 1. The highest BCUT2D eigenvalue weighted by Crippen LogP contribution is 2.45. The number of aliphatic hydroxyl groups is 2. The molecule has 3 heterocycles. The van der Waals surface area contributed by atoms with Crippen molar-refractivity contribution in [1.82, 2.24) is 15.6 Å². The first-order valence-corrected chi connectivity index (χ1v) is 10.7. The molecular formula is C23H26N5O4+. The highest BCUT2D eigenvalue weighted by atomic mass is 16.5. The Bertz CT molecular complexity index is 1100. The summed E-state index contributed by atoms with van der Waals surface area (Å²) < 4.78 is 6.09. The van der Waals surface area contributed by atoms with Gasteiger partial charge in [-0.1, -0.05) is 12.1 Å². The van der Waals surface area contributed by atoms with Crippen LogP contribution in [0.3, 0.4) is 0 Å². The first-order valence-electron chi connectivity index (χ1n) is 10.7. The van der Waals surface area contributed by atoms with Crippen LogP contribution in [0.15, 0.2) is 76.7 Å². The van der Waals surface area contributed by atoms with Crippen LogP contribution >= 0.6 is 0 Å². The average Bonchev–Trinajstić information content (AvgIpc) is 3.39. The number of aliphatic hydroxyl groups excluding tert-OH is 1. The Labute approximate surface area is 185 Å². The summed E-state index contributed by atoms with van der Waals surface area (Å²) in [6, 6.07) is 5.58. The summed E-state index contributed by atoms with van der Waals surface area (Å²) >= 11 is 0. The molecule has 2 aliphatic heterocycles. The number of rotatable bonds is 7. The molecule has 4 aliphatic rings. The number of fused-ring (bicyclic) bond motifs is 3. The fourth-order valence-electron chi connectivity index (χ4n) is 4.42. The van der Waals surface area contributed by atoms with E-state index in [0.717, 1.165) is 18.5 Å². The van der Waals surface area contributed by atoms with Crippen molar-refractivity contribution < 1.29 is 24.2 Å². The van der Waals surface area contributed by atoms with E-state index in [1.54, 1.807) is 31.5 Å². The molecule has 2 fully saturated rings. The summed E-state index contributed by atoms with van der Waals surface area (Å²) in [5.74, 6) is 0.716. The van der Waals surface area contributed by atoms with E-state index in [1.807, 2.05) is 24.3 Å². The molecule has 9 nitrogen and oxygen atoms in total. The average molecular weight is 436 g/mol. The van der Waals surface area contributed by atoms with Crippen LogP contribution < -0.4 is 10.6 Å². The molecule has 5 rings (SSSR count). The largest absolute Gasteiger partial charge is 0.508 e. The molecule has 9 heteroatoms. The van der Waals surface area contributed by atoms with Crippen molar-refractivity contribution in [2.24, 2.45) is 4.99 Å². The summed E-state index contributed by atoms with van der Waals surface area (Å²) in [4.78, 5) is 22.6. The number of carbonyl (C=O) groups excluding carboxylic acids is 1. The third kappa shape index (κ3) is 3.39. The molecule has 32 heavy (non-hydrogen) atoms. The van der Waals surface area contributed by atoms with Crippen molar-refractivity contribution >= 4 is 11.9 Å². The summed E-state index contributed by atoms with van der Waals surface area (Å²) in [6.07, 6.45) is 10.6. The van der Waals surface area contributed by atoms with Crippen LogP contribution in [0.25, 0.3) is 0 Å². The van der Waals surface area contributed by atoms with Crippen molar-refractivity contribution in [2.45, 2.75) is 37.5 Å². The van der Waals surface area contributed by atoms with Gasteiger partial charge in [0, 0.05) is 25.9 Å². The van der Waals surface area contributed by atoms with Gasteiger partial charge in [-0.3, -0.25) is 9.78 Å². The number of amidine groups is 1. The summed E-state index contributed by atoms with van der Waals surface area (Å²) in [5.41, 5.74) is 0.537. The maximum Gasteiger partial charge on any atom is 0.413 e. The second-order valence-electron chi connectivity index (χ2n) is 8.49. The van der Waals surface area contributed by atoms with Crippen molar-refractivity contribution in [3.63, 3.8) is 0 Å². The van der Waals surface area contributed by atoms with Gasteiger partial charge in [0.25, 0.3) is 5.70 Å². The molecule has 166 valence electrons. The highest BCUT2D eigenvalue weighted by molar-refractivity contribution is 5.97. The second kappa shape index (κ2) is 7.61. The third-order valence-corrected chi connectivity index (χ3v) is 6.29. The molecule has 1 aromatic heterocycles. The zero-order valence-electron chi connectivity index (χ0n) is 17.8. The maximum atomic E-state index is 13.5. The Balaban J connectivity index is 1.55. The lowest BCUT2D eigenvalue weighted by molar-refractivity contribution is -0.821. The number of quaternary nitrogens is 1. The van der Waals surface area contributed by atoms with Crippen LogP contribution in [0.1, 0.15) is 25.0 Å². The van der Waals surface area contributed by atoms with E-state index in [1.165, 1.54) is 0 Å². The van der Waals surface area contributed by atoms with E-state index in [2.05, 4.69) is 20.6 Å². The van der Waals surface area contributed by atoms with Gasteiger partial charge >= 0.3 is 11.9 Å². The van der Waals surface area contributed by atoms with Gasteiger partial charge in [0.05, 0.1) is 11.3 Å². The molecule has 1 aromatic rings. The molecule has 0 aromatic carbocycles. The molecule has 2 atom stereocenters. The topological polar surface area (TPSA) is 116 Å². The van der Waals surface area contributed by atoms with Gasteiger partial charge in [-0.2, -0.15) is 4.48 Å². The van der Waals surface area contributed by atoms with E-state index < -0.39 is 11.6 Å². The van der Waals surface area contributed by atoms with Gasteiger partial charge in [0.2, 0.25) is 5.82 Å². The molecule has 0 spiro atoms. The molecule has 1 amide bonds. The van der Waals surface area contributed by atoms with Gasteiger partial charge in [-0.15, -0.1) is 4.99 Å². The number of pyridine rings is 1. The molecule has 1 saturated carbocycles. The fraction of sp³-hybridized carbons (Fsp3) is 0.348. The van der Waals surface area contributed by atoms with Crippen molar-refractivity contribution in [3.05, 3.63) is 77.4 Å². The highest BCUT2D eigenvalue weighted by Gasteiger charge is 2.62. The minimum absolute atomic E-state index is 0.00720. The van der Waals surface area contributed by atoms with Crippen molar-refractivity contribution in [1.29, 1.82) is 0 Å². The lowest BCUT2D eigenvalue weighted by Gasteiger charge is -2.32. The van der Waals surface area contributed by atoms with E-state index in [9.17, 15) is 15.0 Å². The van der Waals surface area contributed by atoms with Gasteiger partial charge in [-0.25, -0.2) is 0 Å². The Hall–Kier alpha value is -3.43. The molecule has 0 radical (unpaired) electrons. The summed E-state index contributed by atoms with van der Waals surface area (Å²) in [6.45, 7) is 0.700. The number of amides is 1. The number of nitrogens with zero attached hydrogens (tertiary/aromatic N) is 3. The molecule has 4 N–H and O–H groups in total. The molecular weight excluding hydrogens is 410 g/mol. The first-order chi connectivity index (χ1) is 15.4. The fourth-order valence-corrected chi connectivity index (χ4v) is 4.42. The predicted molar refractivity (Wildman–Crippen MR) is 116 cm³/mol. The van der Waals surface area contributed by atoms with E-state index >= 15 is 0 Å². The van der Waals surface area contributed by atoms with Gasteiger partial charge in [-0.05, 0) is 43.5 Å². The summed E-state index contributed by atoms with van der Waals surface area (Å²) in [7, 11) is 1.71. The SMILES string of the molecule is CNC1=C(C(=O)NCCC2(O)CC2)[N+]2(Cc3ccccn3)C(=N1)OC1=CC(O)=CC=CC12. The Morgan fingerprint density at radius 1 is 1.38 bits per heavy atom. The van der Waals surface area contributed by atoms with Crippen LogP contribution in [0.4, 0.5) is 0 Å². The van der Waals surface area contributed by atoms with E-state index in [-0.39, 0.29) is 16.1 Å². The number of ether oxygens (including phenoxy) is 1. The third-order valence-electron chi connectivity index (χ3n) is 6.29. The van der Waals surface area contributed by atoms with Crippen LogP contribution in [0.2, 0.25) is 0 Å². The molecule has 2 unspecified atom stereocenters. The van der Waals surface area contributed by atoms with Crippen molar-refractivity contribution in [3.8, 4) is 0 Å². The number of hydrogen-bond acceptors (Lipinski definition) is 7. The predicted octanol–water partition coefficient (Wildman–Crippen LogP) is 1.48. The zero-order valence-corrected chi connectivity index (χ0v) is 17.8. The lowest BCUT2D eigenvalue weighted by Crippen LogP contribution is -2.55. The summed E-state index contributed by atoms with van der Waals surface area (Å²) in [5, 5.41) is 26.2. The number of allylic oxidation sites excluding steroid dienone is 3. The zero-order chi connectivity index (χ0) is 22.3. The standard InChI is InChI=1S/C23H25N5O4/c1-24-20-19(21(30)26-12-10-23(31)8-9-23)28(14-15-5-2-3-11-25-15)17-7-4-6-16(29)13-18(17)32-22(28)27-20/h2-7,11,13,17,31H,8-10,12,14H2,1H3,(H2-,24,26,29,30)/p+1. The molecule has 1 saturated heterocycles. The quantitative estimate of drug-likeness (QED) is 0.481. The van der Waals surface area contributed by atoms with Crippen LogP contribution in [-0.4, -0.2) is 56.8 Å². The first kappa shape index (κ1) is 20.5. The Morgan fingerprint density at radius 2 is 2.22 bits per heavy atom. The molecule has 2 aliphatic carbocycles. The van der Waals surface area contributed by atoms with Gasteiger partial charge in [0.1, 0.15) is 12.3 Å². The van der Waals surface area contributed by atoms with Crippen molar-refractivity contribution in [2.75, 3.05) is 13.6 Å². The van der Waals surface area contributed by atoms with Crippen LogP contribution in [0, 0.1) is 0 Å². The number of nitrogens with one attached hydrogen (secondary N) is 2. The number of aromatic nitrogens is 1. The Morgan fingerprint density at radius 3 is 2.94 bits per heavy atom. The smallest absolute Gasteiger partial charge is 0.413 e. The number of hydrogen-bond donors (Lipinski definition) is 4. The maximum absolute atomic E-state index is 13.5. The van der Waals surface area contributed by atoms with Crippen LogP contribution in [0.5, 0.6) is 0 Å². The Kier molecular flexibility index (Phi) is 4.87. The normalized spacial score (nSPS) is 26.8. The minimum atomic E-state index is -0.648. The lowest BCUT2D eigenvalue weighted by atomic mass is 10.1. The van der Waals surface area contributed by atoms with Crippen LogP contribution in [-0.2, 0) is 16.1 Å². The van der Waals surface area contributed by atoms with Gasteiger partial charge in [0.15, 0.2) is 11.8 Å². The number of aliphatic imine (C=N–C) groups is 1. The monoisotopic (exact) mass is 436 g/mol. The minimum Gasteiger partial charge on any atom is -0.508 e. The van der Waals surface area contributed by atoms with Gasteiger partial charge < -0.3 is 25.6 Å². The molecule has 0 bridgehead atoms.